The molecular formula is C11H18N2O2. The van der Waals surface area contributed by atoms with Gasteiger partial charge in [-0.25, -0.2) is 0 Å². The van der Waals surface area contributed by atoms with Crippen molar-refractivity contribution in [3.05, 3.63) is 23.7 Å². The molecule has 1 rings (SSSR count). The molecule has 0 saturated carbocycles. The van der Waals surface area contributed by atoms with E-state index in [9.17, 15) is 4.79 Å². The Labute approximate surface area is 89.8 Å². The van der Waals surface area contributed by atoms with E-state index in [1.54, 1.807) is 6.07 Å². The number of carbonyl (C=O) groups excluding carboxylic acids is 1. The maximum absolute atomic E-state index is 11.7. The molecule has 1 amide bonds. The first-order valence-electron chi connectivity index (χ1n) is 5.29. The van der Waals surface area contributed by atoms with E-state index in [1.807, 2.05) is 0 Å². The van der Waals surface area contributed by atoms with Crippen molar-refractivity contribution in [3.8, 4) is 0 Å². The molecule has 84 valence electrons. The first-order chi connectivity index (χ1) is 7.21. The first-order valence-corrected chi connectivity index (χ1v) is 5.29. The minimum absolute atomic E-state index is 0.0906. The van der Waals surface area contributed by atoms with E-state index in [-0.39, 0.29) is 11.9 Å². The fourth-order valence-electron chi connectivity index (χ4n) is 1.37. The van der Waals surface area contributed by atoms with E-state index < -0.39 is 0 Å². The number of rotatable bonds is 5. The number of hydrogen-bond acceptors (Lipinski definition) is 3. The monoisotopic (exact) mass is 210 g/mol. The summed E-state index contributed by atoms with van der Waals surface area (Å²) in [7, 11) is 0. The highest BCUT2D eigenvalue weighted by atomic mass is 16.3. The van der Waals surface area contributed by atoms with Gasteiger partial charge in [0.05, 0.1) is 12.1 Å². The number of nitrogens with two attached hydrogens (primary N) is 1. The van der Waals surface area contributed by atoms with Gasteiger partial charge in [-0.15, -0.1) is 0 Å². The molecule has 0 aliphatic carbocycles. The maximum Gasteiger partial charge on any atom is 0.254 e. The highest BCUT2D eigenvalue weighted by molar-refractivity contribution is 5.94. The third-order valence-electron chi connectivity index (χ3n) is 2.44. The second kappa shape index (κ2) is 5.56. The van der Waals surface area contributed by atoms with Crippen LogP contribution < -0.4 is 11.1 Å². The average molecular weight is 210 g/mol. The van der Waals surface area contributed by atoms with Gasteiger partial charge >= 0.3 is 0 Å². The Morgan fingerprint density at radius 1 is 1.53 bits per heavy atom. The number of furan rings is 1. The van der Waals surface area contributed by atoms with Crippen LogP contribution in [0.3, 0.4) is 0 Å². The lowest BCUT2D eigenvalue weighted by Crippen LogP contribution is -2.33. The lowest BCUT2D eigenvalue weighted by Gasteiger charge is -2.13. The molecule has 0 radical (unpaired) electrons. The zero-order valence-corrected chi connectivity index (χ0v) is 9.25. The smallest absolute Gasteiger partial charge is 0.254 e. The summed E-state index contributed by atoms with van der Waals surface area (Å²) in [5.41, 5.74) is 5.94. The van der Waals surface area contributed by atoms with Gasteiger partial charge in [-0.1, -0.05) is 13.8 Å². The van der Waals surface area contributed by atoms with Gasteiger partial charge in [0.2, 0.25) is 0 Å². The Hall–Kier alpha value is -1.29. The van der Waals surface area contributed by atoms with Crippen molar-refractivity contribution in [2.45, 2.75) is 39.3 Å². The van der Waals surface area contributed by atoms with Crippen molar-refractivity contribution in [1.29, 1.82) is 0 Å². The lowest BCUT2D eigenvalue weighted by atomic mass is 10.1. The molecule has 4 heteroatoms. The molecule has 3 N–H and O–H groups in total. The van der Waals surface area contributed by atoms with Gasteiger partial charge in [0.15, 0.2) is 0 Å². The summed E-state index contributed by atoms with van der Waals surface area (Å²) >= 11 is 0. The van der Waals surface area contributed by atoms with Crippen LogP contribution in [0, 0.1) is 0 Å². The minimum Gasteiger partial charge on any atom is -0.467 e. The lowest BCUT2D eigenvalue weighted by molar-refractivity contribution is 0.0934. The van der Waals surface area contributed by atoms with Gasteiger partial charge < -0.3 is 15.5 Å². The molecule has 0 aliphatic heterocycles. The van der Waals surface area contributed by atoms with E-state index in [4.69, 9.17) is 10.2 Å². The summed E-state index contributed by atoms with van der Waals surface area (Å²) in [4.78, 5) is 11.7. The molecular weight excluding hydrogens is 192 g/mol. The van der Waals surface area contributed by atoms with Gasteiger partial charge in [0.25, 0.3) is 5.91 Å². The molecule has 1 aromatic heterocycles. The van der Waals surface area contributed by atoms with Gasteiger partial charge in [-0.3, -0.25) is 4.79 Å². The van der Waals surface area contributed by atoms with Gasteiger partial charge in [0.1, 0.15) is 12.0 Å². The van der Waals surface area contributed by atoms with Gasteiger partial charge in [-0.2, -0.15) is 0 Å². The SMILES string of the molecule is CCC(CC)NC(=O)c1coc(CN)c1. The summed E-state index contributed by atoms with van der Waals surface area (Å²) in [6.07, 6.45) is 3.31. The number of nitrogens with one attached hydrogen (secondary N) is 1. The van der Waals surface area contributed by atoms with Crippen molar-refractivity contribution < 1.29 is 9.21 Å². The van der Waals surface area contributed by atoms with E-state index in [2.05, 4.69) is 19.2 Å². The number of hydrogen-bond donors (Lipinski definition) is 2. The van der Waals surface area contributed by atoms with Crippen LogP contribution in [0.1, 0.15) is 42.8 Å². The van der Waals surface area contributed by atoms with Crippen LogP contribution in [0.5, 0.6) is 0 Å². The molecule has 0 fully saturated rings. The molecule has 0 saturated heterocycles. The van der Waals surface area contributed by atoms with Gasteiger partial charge in [0, 0.05) is 6.04 Å². The first kappa shape index (κ1) is 11.8. The van der Waals surface area contributed by atoms with Crippen molar-refractivity contribution in [1.82, 2.24) is 5.32 Å². The van der Waals surface area contributed by atoms with Crippen LogP contribution in [0.25, 0.3) is 0 Å². The third-order valence-corrected chi connectivity index (χ3v) is 2.44. The van der Waals surface area contributed by atoms with Crippen LogP contribution in [-0.4, -0.2) is 11.9 Å². The molecule has 1 aromatic rings. The van der Waals surface area contributed by atoms with Crippen LogP contribution in [0.2, 0.25) is 0 Å². The third kappa shape index (κ3) is 3.09. The predicted molar refractivity (Wildman–Crippen MR) is 58.4 cm³/mol. The Morgan fingerprint density at radius 2 is 2.20 bits per heavy atom. The normalized spacial score (nSPS) is 10.7. The molecule has 1 heterocycles. The zero-order chi connectivity index (χ0) is 11.3. The van der Waals surface area contributed by atoms with Crippen molar-refractivity contribution >= 4 is 5.91 Å². The second-order valence-electron chi connectivity index (χ2n) is 3.49. The van der Waals surface area contributed by atoms with Crippen molar-refractivity contribution in [3.63, 3.8) is 0 Å². The van der Waals surface area contributed by atoms with Gasteiger partial charge in [-0.05, 0) is 18.9 Å². The maximum atomic E-state index is 11.7. The van der Waals surface area contributed by atoms with E-state index in [0.29, 0.717) is 17.9 Å². The van der Waals surface area contributed by atoms with Crippen LogP contribution in [-0.2, 0) is 6.54 Å². The van der Waals surface area contributed by atoms with Crippen molar-refractivity contribution in [2.24, 2.45) is 5.73 Å². The summed E-state index contributed by atoms with van der Waals surface area (Å²) < 4.78 is 5.10. The largest absolute Gasteiger partial charge is 0.467 e. The predicted octanol–water partition coefficient (Wildman–Crippen LogP) is 1.66. The molecule has 15 heavy (non-hydrogen) atoms. The standard InChI is InChI=1S/C11H18N2O2/c1-3-9(4-2)13-11(14)8-5-10(6-12)15-7-8/h5,7,9H,3-4,6,12H2,1-2H3,(H,13,14). The topological polar surface area (TPSA) is 68.3 Å². The fraction of sp³-hybridized carbons (Fsp3) is 0.545. The molecule has 0 aromatic carbocycles. The summed E-state index contributed by atoms with van der Waals surface area (Å²) in [5.74, 6) is 0.539. The molecule has 0 atom stereocenters. The molecule has 0 unspecified atom stereocenters. The zero-order valence-electron chi connectivity index (χ0n) is 9.25. The average Bonchev–Trinajstić information content (AvgIpc) is 2.74. The van der Waals surface area contributed by atoms with Crippen LogP contribution in [0.15, 0.2) is 16.7 Å². The number of amides is 1. The molecule has 4 nitrogen and oxygen atoms in total. The Bertz CT molecular complexity index is 316. The van der Waals surface area contributed by atoms with Crippen molar-refractivity contribution in [2.75, 3.05) is 0 Å². The summed E-state index contributed by atoms with van der Waals surface area (Å²) in [5, 5.41) is 2.93. The van der Waals surface area contributed by atoms with E-state index in [0.717, 1.165) is 12.8 Å². The minimum atomic E-state index is -0.0906. The second-order valence-corrected chi connectivity index (χ2v) is 3.49. The summed E-state index contributed by atoms with van der Waals surface area (Å²) in [6.45, 7) is 4.42. The Balaban J connectivity index is 2.60. The van der Waals surface area contributed by atoms with E-state index in [1.165, 1.54) is 6.26 Å². The van der Waals surface area contributed by atoms with Crippen LogP contribution in [0.4, 0.5) is 0 Å². The summed E-state index contributed by atoms with van der Waals surface area (Å²) in [6, 6.07) is 1.91. The highest BCUT2D eigenvalue weighted by Crippen LogP contribution is 2.08. The Kier molecular flexibility index (Phi) is 4.37. The fourth-order valence-corrected chi connectivity index (χ4v) is 1.37. The molecule has 0 spiro atoms. The number of carbonyl (C=O) groups is 1. The molecule has 0 bridgehead atoms. The van der Waals surface area contributed by atoms with E-state index >= 15 is 0 Å². The molecule has 0 aliphatic rings. The highest BCUT2D eigenvalue weighted by Gasteiger charge is 2.12. The van der Waals surface area contributed by atoms with Crippen LogP contribution >= 0.6 is 0 Å². The Morgan fingerprint density at radius 3 is 2.67 bits per heavy atom. The quantitative estimate of drug-likeness (QED) is 0.776.